The molecule has 1 N–H and O–H groups in total. The zero-order valence-electron chi connectivity index (χ0n) is 18.2. The molecule has 0 saturated carbocycles. The number of para-hydroxylation sites is 1. The Hall–Kier alpha value is -3.25. The molecule has 0 spiro atoms. The summed E-state index contributed by atoms with van der Waals surface area (Å²) in [5, 5.41) is 4.38. The first kappa shape index (κ1) is 21.0. The molecule has 0 fully saturated rings. The van der Waals surface area contributed by atoms with Gasteiger partial charge in [0.1, 0.15) is 5.69 Å². The van der Waals surface area contributed by atoms with Crippen LogP contribution in [0.4, 0.5) is 10.5 Å². The van der Waals surface area contributed by atoms with Crippen molar-refractivity contribution in [1.82, 2.24) is 14.0 Å². The Bertz CT molecular complexity index is 1330. The number of hydrogen-bond donors (Lipinski definition) is 1. The van der Waals surface area contributed by atoms with E-state index in [4.69, 9.17) is 11.6 Å². The van der Waals surface area contributed by atoms with Gasteiger partial charge in [0.25, 0.3) is 5.91 Å². The van der Waals surface area contributed by atoms with Gasteiger partial charge in [0.2, 0.25) is 0 Å². The lowest BCUT2D eigenvalue weighted by Crippen LogP contribution is -2.30. The molecule has 0 bridgehead atoms. The van der Waals surface area contributed by atoms with E-state index in [0.717, 1.165) is 27.5 Å². The van der Waals surface area contributed by atoms with Crippen molar-refractivity contribution in [2.24, 2.45) is 0 Å². The minimum Gasteiger partial charge on any atom is -0.337 e. The van der Waals surface area contributed by atoms with Crippen molar-refractivity contribution in [1.29, 1.82) is 0 Å². The van der Waals surface area contributed by atoms with Crippen molar-refractivity contribution < 1.29 is 9.59 Å². The van der Waals surface area contributed by atoms with Crippen LogP contribution in [0.15, 0.2) is 48.5 Å². The quantitative estimate of drug-likeness (QED) is 0.433. The predicted molar refractivity (Wildman–Crippen MR) is 126 cm³/mol. The van der Waals surface area contributed by atoms with Crippen LogP contribution in [0.5, 0.6) is 0 Å². The Kier molecular flexibility index (Phi) is 5.27. The van der Waals surface area contributed by atoms with Crippen molar-refractivity contribution in [3.05, 3.63) is 64.8 Å². The molecule has 0 unspecified atom stereocenters. The first-order valence-electron chi connectivity index (χ1n) is 10.1. The molecule has 2 amide bonds. The van der Waals surface area contributed by atoms with E-state index >= 15 is 0 Å². The average Bonchev–Trinajstić information content (AvgIpc) is 3.24. The smallest absolute Gasteiger partial charge is 0.328 e. The van der Waals surface area contributed by atoms with Crippen molar-refractivity contribution in [2.45, 2.75) is 26.8 Å². The zero-order valence-corrected chi connectivity index (χ0v) is 19.0. The van der Waals surface area contributed by atoms with Gasteiger partial charge in [-0.05, 0) is 50.6 Å². The van der Waals surface area contributed by atoms with Gasteiger partial charge in [0, 0.05) is 36.2 Å². The van der Waals surface area contributed by atoms with Crippen molar-refractivity contribution in [3.8, 4) is 0 Å². The number of hydrogen-bond acceptors (Lipinski definition) is 2. The van der Waals surface area contributed by atoms with Gasteiger partial charge in [0.05, 0.1) is 16.6 Å². The molecule has 2 aromatic heterocycles. The first-order chi connectivity index (χ1) is 14.7. The van der Waals surface area contributed by atoms with Crippen LogP contribution in [0.1, 0.15) is 35.9 Å². The number of carbonyl (C=O) groups is 2. The third-order valence-corrected chi connectivity index (χ3v) is 5.82. The van der Waals surface area contributed by atoms with Crippen LogP contribution in [0.2, 0.25) is 5.02 Å². The molecule has 2 aromatic carbocycles. The summed E-state index contributed by atoms with van der Waals surface area (Å²) < 4.78 is 3.66. The topological polar surface area (TPSA) is 59.3 Å². The Balaban J connectivity index is 1.95. The van der Waals surface area contributed by atoms with Crippen molar-refractivity contribution >= 4 is 51.2 Å². The molecule has 31 heavy (non-hydrogen) atoms. The summed E-state index contributed by atoms with van der Waals surface area (Å²) in [4.78, 5) is 28.0. The highest BCUT2D eigenvalue weighted by atomic mass is 35.5. The van der Waals surface area contributed by atoms with Crippen LogP contribution < -0.4 is 5.32 Å². The summed E-state index contributed by atoms with van der Waals surface area (Å²) in [6.07, 6.45) is 0. The Labute approximate surface area is 186 Å². The molecule has 0 aliphatic carbocycles. The van der Waals surface area contributed by atoms with Crippen LogP contribution in [0.25, 0.3) is 21.9 Å². The van der Waals surface area contributed by atoms with Crippen LogP contribution >= 0.6 is 11.6 Å². The number of nitrogens with one attached hydrogen (secondary N) is 1. The number of rotatable bonds is 3. The summed E-state index contributed by atoms with van der Waals surface area (Å²) in [5.74, 6) is -0.370. The molecule has 4 rings (SSSR count). The molecule has 0 saturated heterocycles. The summed E-state index contributed by atoms with van der Waals surface area (Å²) in [5.41, 5.74) is 4.38. The molecule has 2 heterocycles. The van der Waals surface area contributed by atoms with Crippen LogP contribution in [0, 0.1) is 6.92 Å². The van der Waals surface area contributed by atoms with Crippen molar-refractivity contribution in [2.75, 3.05) is 19.4 Å². The Morgan fingerprint density at radius 1 is 1.03 bits per heavy atom. The molecule has 0 aliphatic rings. The monoisotopic (exact) mass is 436 g/mol. The van der Waals surface area contributed by atoms with Gasteiger partial charge in [-0.25, -0.2) is 4.79 Å². The van der Waals surface area contributed by atoms with E-state index in [2.05, 4.69) is 23.7 Å². The number of aryl methyl sites for hydroxylation is 1. The normalized spacial score (nSPS) is 11.5. The molecule has 160 valence electrons. The van der Waals surface area contributed by atoms with Crippen LogP contribution in [-0.4, -0.2) is 40.1 Å². The van der Waals surface area contributed by atoms with Gasteiger partial charge in [-0.15, -0.1) is 0 Å². The number of aromatic nitrogens is 2. The standard InChI is InChI=1S/C24H25ClN4O2/c1-14(2)28-19-9-7-6-8-17(19)22-20(28)13-21(29(22)24(31)27(4)5)23(30)26-16-11-10-15(3)18(25)12-16/h6-14H,1-5H3,(H,26,30). The van der Waals surface area contributed by atoms with E-state index in [1.165, 1.54) is 9.47 Å². The number of fused-ring (bicyclic) bond motifs is 3. The second kappa shape index (κ2) is 7.78. The highest BCUT2D eigenvalue weighted by molar-refractivity contribution is 6.31. The second-order valence-corrected chi connectivity index (χ2v) is 8.58. The Morgan fingerprint density at radius 2 is 1.74 bits per heavy atom. The molecule has 7 heteroatoms. The highest BCUT2D eigenvalue weighted by Gasteiger charge is 2.27. The second-order valence-electron chi connectivity index (χ2n) is 8.17. The minimum atomic E-state index is -0.370. The van der Waals surface area contributed by atoms with Gasteiger partial charge in [-0.1, -0.05) is 35.9 Å². The third kappa shape index (κ3) is 3.47. The van der Waals surface area contributed by atoms with E-state index in [0.29, 0.717) is 10.7 Å². The predicted octanol–water partition coefficient (Wildman–Crippen LogP) is 5.92. The molecule has 0 radical (unpaired) electrons. The number of benzene rings is 2. The first-order valence-corrected chi connectivity index (χ1v) is 10.5. The van der Waals surface area contributed by atoms with E-state index in [-0.39, 0.29) is 23.7 Å². The van der Waals surface area contributed by atoms with Crippen LogP contribution in [0.3, 0.4) is 0 Å². The molecule has 0 atom stereocenters. The zero-order chi connectivity index (χ0) is 22.4. The summed E-state index contributed by atoms with van der Waals surface area (Å²) in [6, 6.07) is 15.0. The third-order valence-electron chi connectivity index (χ3n) is 5.41. The number of anilines is 1. The maximum absolute atomic E-state index is 13.3. The molecular formula is C24H25ClN4O2. The van der Waals surface area contributed by atoms with Gasteiger partial charge >= 0.3 is 6.03 Å². The van der Waals surface area contributed by atoms with Gasteiger partial charge in [-0.3, -0.25) is 9.36 Å². The average molecular weight is 437 g/mol. The molecular weight excluding hydrogens is 412 g/mol. The summed E-state index contributed by atoms with van der Waals surface area (Å²) in [6.45, 7) is 6.08. The minimum absolute atomic E-state index is 0.152. The highest BCUT2D eigenvalue weighted by Crippen LogP contribution is 2.34. The lowest BCUT2D eigenvalue weighted by Gasteiger charge is -2.15. The number of amides is 2. The van der Waals surface area contributed by atoms with Gasteiger partial charge in [0.15, 0.2) is 0 Å². The molecule has 6 nitrogen and oxygen atoms in total. The van der Waals surface area contributed by atoms with E-state index in [1.807, 2.05) is 37.3 Å². The fourth-order valence-electron chi connectivity index (χ4n) is 3.94. The maximum atomic E-state index is 13.3. The number of halogens is 1. The largest absolute Gasteiger partial charge is 0.337 e. The van der Waals surface area contributed by atoms with E-state index < -0.39 is 0 Å². The Morgan fingerprint density at radius 3 is 2.39 bits per heavy atom. The van der Waals surface area contributed by atoms with E-state index in [1.54, 1.807) is 32.3 Å². The molecule has 0 aliphatic heterocycles. The van der Waals surface area contributed by atoms with Crippen LogP contribution in [-0.2, 0) is 0 Å². The fourth-order valence-corrected chi connectivity index (χ4v) is 4.12. The van der Waals surface area contributed by atoms with Crippen molar-refractivity contribution in [3.63, 3.8) is 0 Å². The number of carbonyl (C=O) groups excluding carboxylic acids is 2. The van der Waals surface area contributed by atoms with Gasteiger partial charge < -0.3 is 14.8 Å². The summed E-state index contributed by atoms with van der Waals surface area (Å²) >= 11 is 6.21. The lowest BCUT2D eigenvalue weighted by molar-refractivity contribution is 0.101. The summed E-state index contributed by atoms with van der Waals surface area (Å²) in [7, 11) is 3.36. The molecule has 4 aromatic rings. The number of nitrogens with zero attached hydrogens (tertiary/aromatic N) is 3. The SMILES string of the molecule is Cc1ccc(NC(=O)c2cc3c(c4ccccc4n3C(C)C)n2C(=O)N(C)C)cc1Cl. The maximum Gasteiger partial charge on any atom is 0.328 e. The van der Waals surface area contributed by atoms with Gasteiger partial charge in [-0.2, -0.15) is 0 Å². The van der Waals surface area contributed by atoms with E-state index in [9.17, 15) is 9.59 Å². The lowest BCUT2D eigenvalue weighted by atomic mass is 10.2. The fraction of sp³-hybridized carbons (Fsp3) is 0.250.